The van der Waals surface area contributed by atoms with Crippen LogP contribution in [0.5, 0.6) is 0 Å². The molecule has 2 N–H and O–H groups in total. The Balaban J connectivity index is 2.13. The SMILES string of the molecule is COC[C@H](C)CNC(=O)c1ccc(-c2cccc(C)c2)[nH]c1=O. The number of aryl methyl sites for hydroxylation is 1. The van der Waals surface area contributed by atoms with E-state index in [2.05, 4.69) is 10.3 Å². The first-order chi connectivity index (χ1) is 11.0. The van der Waals surface area contributed by atoms with Crippen molar-refractivity contribution in [2.24, 2.45) is 5.92 Å². The first-order valence-electron chi connectivity index (χ1n) is 7.58. The van der Waals surface area contributed by atoms with Gasteiger partial charge in [0.1, 0.15) is 5.56 Å². The number of amides is 1. The van der Waals surface area contributed by atoms with Crippen LogP contribution in [0.2, 0.25) is 0 Å². The summed E-state index contributed by atoms with van der Waals surface area (Å²) in [6.45, 7) is 4.98. The topological polar surface area (TPSA) is 71.2 Å². The van der Waals surface area contributed by atoms with Crippen molar-refractivity contribution < 1.29 is 9.53 Å². The number of aromatic nitrogens is 1. The van der Waals surface area contributed by atoms with Gasteiger partial charge in [-0.15, -0.1) is 0 Å². The lowest BCUT2D eigenvalue weighted by Crippen LogP contribution is -2.33. The molecule has 2 rings (SSSR count). The van der Waals surface area contributed by atoms with Gasteiger partial charge in [0, 0.05) is 19.3 Å². The van der Waals surface area contributed by atoms with E-state index in [4.69, 9.17) is 4.74 Å². The van der Waals surface area contributed by atoms with Gasteiger partial charge in [-0.25, -0.2) is 0 Å². The number of benzene rings is 1. The molecule has 1 aromatic carbocycles. The minimum atomic E-state index is -0.388. The monoisotopic (exact) mass is 314 g/mol. The summed E-state index contributed by atoms with van der Waals surface area (Å²) in [5.41, 5.74) is 2.45. The zero-order valence-corrected chi connectivity index (χ0v) is 13.7. The second kappa shape index (κ2) is 7.74. The predicted molar refractivity (Wildman–Crippen MR) is 90.6 cm³/mol. The molecule has 5 heteroatoms. The molecular weight excluding hydrogens is 292 g/mol. The van der Waals surface area contributed by atoms with Crippen LogP contribution in [0.3, 0.4) is 0 Å². The van der Waals surface area contributed by atoms with E-state index in [9.17, 15) is 9.59 Å². The van der Waals surface area contributed by atoms with Gasteiger partial charge in [-0.3, -0.25) is 9.59 Å². The van der Waals surface area contributed by atoms with Crippen molar-refractivity contribution in [1.82, 2.24) is 10.3 Å². The fraction of sp³-hybridized carbons (Fsp3) is 0.333. The van der Waals surface area contributed by atoms with Crippen LogP contribution in [0.15, 0.2) is 41.2 Å². The van der Waals surface area contributed by atoms with Crippen molar-refractivity contribution in [2.45, 2.75) is 13.8 Å². The fourth-order valence-electron chi connectivity index (χ4n) is 2.34. The third kappa shape index (κ3) is 4.53. The lowest BCUT2D eigenvalue weighted by Gasteiger charge is -2.11. The molecule has 0 fully saturated rings. The molecule has 0 aliphatic heterocycles. The molecule has 0 aliphatic carbocycles. The lowest BCUT2D eigenvalue weighted by atomic mass is 10.1. The van der Waals surface area contributed by atoms with Gasteiger partial charge in [0.2, 0.25) is 0 Å². The average molecular weight is 314 g/mol. The molecule has 0 spiro atoms. The normalized spacial score (nSPS) is 12.0. The zero-order valence-electron chi connectivity index (χ0n) is 13.7. The minimum absolute atomic E-state index is 0.117. The second-order valence-electron chi connectivity index (χ2n) is 5.75. The third-order valence-electron chi connectivity index (χ3n) is 3.55. The van der Waals surface area contributed by atoms with E-state index >= 15 is 0 Å². The van der Waals surface area contributed by atoms with Crippen LogP contribution in [0.4, 0.5) is 0 Å². The summed E-state index contributed by atoms with van der Waals surface area (Å²) in [5, 5.41) is 2.75. The number of carbonyl (C=O) groups is 1. The molecule has 1 aromatic heterocycles. The average Bonchev–Trinajstić information content (AvgIpc) is 2.53. The predicted octanol–water partition coefficient (Wildman–Crippen LogP) is 2.36. The molecule has 0 radical (unpaired) electrons. The van der Waals surface area contributed by atoms with Gasteiger partial charge in [0.15, 0.2) is 0 Å². The van der Waals surface area contributed by atoms with Gasteiger partial charge in [-0.05, 0) is 36.6 Å². The van der Waals surface area contributed by atoms with Crippen LogP contribution in [-0.2, 0) is 4.74 Å². The summed E-state index contributed by atoms with van der Waals surface area (Å²) in [7, 11) is 1.62. The van der Waals surface area contributed by atoms with Crippen LogP contribution in [-0.4, -0.2) is 31.2 Å². The van der Waals surface area contributed by atoms with E-state index in [0.717, 1.165) is 11.1 Å². The van der Waals surface area contributed by atoms with Gasteiger partial charge in [0.25, 0.3) is 11.5 Å². The van der Waals surface area contributed by atoms with Crippen molar-refractivity contribution in [3.63, 3.8) is 0 Å². The Hall–Kier alpha value is -2.40. The van der Waals surface area contributed by atoms with Crippen molar-refractivity contribution in [2.75, 3.05) is 20.3 Å². The summed E-state index contributed by atoms with van der Waals surface area (Å²) in [6.07, 6.45) is 0. The van der Waals surface area contributed by atoms with E-state index in [1.54, 1.807) is 19.2 Å². The second-order valence-corrected chi connectivity index (χ2v) is 5.75. The maximum atomic E-state index is 12.2. The molecule has 23 heavy (non-hydrogen) atoms. The van der Waals surface area contributed by atoms with Crippen LogP contribution < -0.4 is 10.9 Å². The number of carbonyl (C=O) groups excluding carboxylic acids is 1. The zero-order chi connectivity index (χ0) is 16.8. The standard InChI is InChI=1S/C18H22N2O3/c1-12-5-4-6-14(9-12)16-8-7-15(18(22)20-16)17(21)19-10-13(2)11-23-3/h4-9,13H,10-11H2,1-3H3,(H,19,21)(H,20,22)/t13-/m1/s1. The molecule has 0 bridgehead atoms. The van der Waals surface area contributed by atoms with Crippen molar-refractivity contribution in [3.8, 4) is 11.3 Å². The van der Waals surface area contributed by atoms with Crippen molar-refractivity contribution >= 4 is 5.91 Å². The van der Waals surface area contributed by atoms with Crippen molar-refractivity contribution in [1.29, 1.82) is 0 Å². The largest absolute Gasteiger partial charge is 0.384 e. The summed E-state index contributed by atoms with van der Waals surface area (Å²) in [6, 6.07) is 11.1. The molecular formula is C18H22N2O3. The number of pyridine rings is 1. The molecule has 0 aliphatic rings. The molecule has 1 atom stereocenters. The van der Waals surface area contributed by atoms with Gasteiger partial charge >= 0.3 is 0 Å². The Labute approximate surface area is 135 Å². The summed E-state index contributed by atoms with van der Waals surface area (Å²) >= 11 is 0. The molecule has 1 heterocycles. The molecule has 0 unspecified atom stereocenters. The van der Waals surface area contributed by atoms with Gasteiger partial charge in [0.05, 0.1) is 6.61 Å². The lowest BCUT2D eigenvalue weighted by molar-refractivity contribution is 0.0932. The highest BCUT2D eigenvalue weighted by Crippen LogP contribution is 2.16. The Morgan fingerprint density at radius 3 is 2.74 bits per heavy atom. The maximum absolute atomic E-state index is 12.2. The third-order valence-corrected chi connectivity index (χ3v) is 3.55. The molecule has 1 amide bonds. The van der Waals surface area contributed by atoms with Crippen molar-refractivity contribution in [3.05, 3.63) is 57.9 Å². The summed E-state index contributed by atoms with van der Waals surface area (Å²) < 4.78 is 5.02. The number of aromatic amines is 1. The first-order valence-corrected chi connectivity index (χ1v) is 7.58. The number of nitrogens with one attached hydrogen (secondary N) is 2. The van der Waals surface area contributed by atoms with Crippen LogP contribution in [0.1, 0.15) is 22.8 Å². The maximum Gasteiger partial charge on any atom is 0.261 e. The molecule has 2 aromatic rings. The summed E-state index contributed by atoms with van der Waals surface area (Å²) in [5.74, 6) is -0.181. The van der Waals surface area contributed by atoms with E-state index in [1.165, 1.54) is 0 Å². The highest BCUT2D eigenvalue weighted by molar-refractivity contribution is 5.94. The molecule has 0 saturated carbocycles. The smallest absolute Gasteiger partial charge is 0.261 e. The van der Waals surface area contributed by atoms with Gasteiger partial charge in [-0.1, -0.05) is 30.7 Å². The Kier molecular flexibility index (Phi) is 5.71. The number of methoxy groups -OCH3 is 1. The molecule has 5 nitrogen and oxygen atoms in total. The summed E-state index contributed by atoms with van der Waals surface area (Å²) in [4.78, 5) is 27.0. The highest BCUT2D eigenvalue weighted by atomic mass is 16.5. The minimum Gasteiger partial charge on any atom is -0.384 e. The van der Waals surface area contributed by atoms with Gasteiger partial charge < -0.3 is 15.0 Å². The fourth-order valence-corrected chi connectivity index (χ4v) is 2.34. The van der Waals surface area contributed by atoms with Gasteiger partial charge in [-0.2, -0.15) is 0 Å². The number of ether oxygens (including phenoxy) is 1. The number of hydrogen-bond donors (Lipinski definition) is 2. The van der Waals surface area contributed by atoms with E-state index < -0.39 is 0 Å². The highest BCUT2D eigenvalue weighted by Gasteiger charge is 2.12. The Morgan fingerprint density at radius 1 is 1.30 bits per heavy atom. The first kappa shape index (κ1) is 17.0. The number of rotatable bonds is 6. The Bertz CT molecular complexity index is 737. The van der Waals surface area contributed by atoms with E-state index in [-0.39, 0.29) is 22.9 Å². The number of H-pyrrole nitrogens is 1. The van der Waals surface area contributed by atoms with Crippen LogP contribution in [0.25, 0.3) is 11.3 Å². The van der Waals surface area contributed by atoms with Crippen LogP contribution >= 0.6 is 0 Å². The molecule has 0 saturated heterocycles. The number of hydrogen-bond acceptors (Lipinski definition) is 3. The molecule has 122 valence electrons. The van der Waals surface area contributed by atoms with E-state index in [1.807, 2.05) is 38.1 Å². The van der Waals surface area contributed by atoms with Crippen LogP contribution in [0, 0.1) is 12.8 Å². The van der Waals surface area contributed by atoms with E-state index in [0.29, 0.717) is 18.8 Å². The Morgan fingerprint density at radius 2 is 2.09 bits per heavy atom. The quantitative estimate of drug-likeness (QED) is 0.860.